The molecule has 1 aliphatic carbocycles. The summed E-state index contributed by atoms with van der Waals surface area (Å²) >= 11 is 0. The Labute approximate surface area is 104 Å². The van der Waals surface area contributed by atoms with Gasteiger partial charge in [-0.25, -0.2) is 0 Å². The maximum absolute atomic E-state index is 9.27. The number of nitrogens with one attached hydrogen (secondary N) is 1. The number of hydrogen-bond acceptors (Lipinski definition) is 2. The van der Waals surface area contributed by atoms with Gasteiger partial charge < -0.3 is 10.4 Å². The second kappa shape index (κ2) is 4.69. The monoisotopic (exact) mass is 233 g/mol. The maximum atomic E-state index is 9.27. The first-order valence-corrected chi connectivity index (χ1v) is 6.51. The van der Waals surface area contributed by atoms with Crippen molar-refractivity contribution in [1.29, 1.82) is 0 Å². The van der Waals surface area contributed by atoms with Crippen LogP contribution in [0.2, 0.25) is 0 Å². The third kappa shape index (κ3) is 3.22. The van der Waals surface area contributed by atoms with E-state index in [1.807, 2.05) is 12.1 Å². The zero-order valence-corrected chi connectivity index (χ0v) is 11.0. The first kappa shape index (κ1) is 12.4. The lowest BCUT2D eigenvalue weighted by atomic mass is 9.91. The fraction of sp³-hybridized carbons (Fsp3) is 0.600. The predicted octanol–water partition coefficient (Wildman–Crippen LogP) is 3.62. The maximum Gasteiger partial charge on any atom is 0.115 e. The molecule has 2 N–H and O–H groups in total. The molecule has 0 saturated heterocycles. The fourth-order valence-corrected chi connectivity index (χ4v) is 2.79. The zero-order valence-electron chi connectivity index (χ0n) is 11.0. The molecule has 2 atom stereocenters. The summed E-state index contributed by atoms with van der Waals surface area (Å²) in [4.78, 5) is 0. The molecule has 0 spiro atoms. The van der Waals surface area contributed by atoms with Crippen molar-refractivity contribution in [3.05, 3.63) is 29.8 Å². The highest BCUT2D eigenvalue weighted by atomic mass is 16.3. The normalized spacial score (nSPS) is 24.8. The van der Waals surface area contributed by atoms with E-state index in [2.05, 4.69) is 26.1 Å². The molecule has 0 bridgehead atoms. The quantitative estimate of drug-likeness (QED) is 0.835. The number of phenols is 1. The minimum Gasteiger partial charge on any atom is -0.508 e. The van der Waals surface area contributed by atoms with E-state index < -0.39 is 0 Å². The summed E-state index contributed by atoms with van der Waals surface area (Å²) in [6.07, 6.45) is 3.85. The van der Waals surface area contributed by atoms with Crippen LogP contribution in [0.5, 0.6) is 5.75 Å². The van der Waals surface area contributed by atoms with E-state index >= 15 is 0 Å². The Balaban J connectivity index is 1.93. The molecule has 1 aromatic rings. The van der Waals surface area contributed by atoms with Crippen molar-refractivity contribution in [2.24, 2.45) is 5.41 Å². The lowest BCUT2D eigenvalue weighted by Crippen LogP contribution is -2.30. The number of hydrogen-bond donors (Lipinski definition) is 2. The number of rotatable bonds is 3. The van der Waals surface area contributed by atoms with Crippen molar-refractivity contribution >= 4 is 0 Å². The number of phenolic OH excluding ortho intramolecular Hbond substituents is 1. The van der Waals surface area contributed by atoms with Gasteiger partial charge in [-0.3, -0.25) is 0 Å². The molecule has 2 nitrogen and oxygen atoms in total. The largest absolute Gasteiger partial charge is 0.508 e. The molecule has 2 rings (SSSR count). The molecule has 1 saturated carbocycles. The summed E-state index contributed by atoms with van der Waals surface area (Å²) in [7, 11) is 0. The first-order chi connectivity index (χ1) is 7.96. The Hall–Kier alpha value is -1.02. The van der Waals surface area contributed by atoms with E-state index in [0.717, 1.165) is 0 Å². The van der Waals surface area contributed by atoms with E-state index in [1.54, 1.807) is 12.1 Å². The van der Waals surface area contributed by atoms with Crippen LogP contribution in [-0.2, 0) is 0 Å². The zero-order chi connectivity index (χ0) is 12.5. The van der Waals surface area contributed by atoms with Crippen LogP contribution in [0.4, 0.5) is 0 Å². The SMILES string of the molecule is CC(NC1CCC(C)(C)C1)c1ccc(O)cc1. The summed E-state index contributed by atoms with van der Waals surface area (Å²) in [6.45, 7) is 6.89. The molecule has 0 aliphatic heterocycles. The van der Waals surface area contributed by atoms with E-state index in [4.69, 9.17) is 0 Å². The second-order valence-electron chi connectivity index (χ2n) is 6.08. The molecule has 2 heteroatoms. The van der Waals surface area contributed by atoms with Crippen LogP contribution in [0.25, 0.3) is 0 Å². The molecule has 1 fully saturated rings. The van der Waals surface area contributed by atoms with Crippen molar-refractivity contribution in [3.8, 4) is 5.75 Å². The van der Waals surface area contributed by atoms with Gasteiger partial charge in [0.2, 0.25) is 0 Å². The van der Waals surface area contributed by atoms with Crippen LogP contribution in [-0.4, -0.2) is 11.1 Å². The van der Waals surface area contributed by atoms with E-state index in [-0.39, 0.29) is 0 Å². The predicted molar refractivity (Wildman–Crippen MR) is 71.1 cm³/mol. The van der Waals surface area contributed by atoms with Crippen LogP contribution < -0.4 is 5.32 Å². The molecule has 2 unspecified atom stereocenters. The van der Waals surface area contributed by atoms with Crippen molar-refractivity contribution < 1.29 is 5.11 Å². The molecule has 0 aromatic heterocycles. The number of aromatic hydroxyl groups is 1. The Morgan fingerprint density at radius 1 is 1.29 bits per heavy atom. The van der Waals surface area contributed by atoms with E-state index in [1.165, 1.54) is 24.8 Å². The highest BCUT2D eigenvalue weighted by Crippen LogP contribution is 2.37. The standard InChI is InChI=1S/C15H23NO/c1-11(12-4-6-14(17)7-5-12)16-13-8-9-15(2,3)10-13/h4-7,11,13,16-17H,8-10H2,1-3H3. The Kier molecular flexibility index (Phi) is 3.43. The van der Waals surface area contributed by atoms with Gasteiger partial charge >= 0.3 is 0 Å². The third-order valence-corrected chi connectivity index (χ3v) is 3.85. The van der Waals surface area contributed by atoms with Crippen LogP contribution in [0, 0.1) is 5.41 Å². The third-order valence-electron chi connectivity index (χ3n) is 3.85. The van der Waals surface area contributed by atoms with Gasteiger partial charge in [0.1, 0.15) is 5.75 Å². The van der Waals surface area contributed by atoms with Gasteiger partial charge in [-0.1, -0.05) is 26.0 Å². The first-order valence-electron chi connectivity index (χ1n) is 6.51. The van der Waals surface area contributed by atoms with Gasteiger partial charge in [0.15, 0.2) is 0 Å². The van der Waals surface area contributed by atoms with Gasteiger partial charge in [-0.15, -0.1) is 0 Å². The summed E-state index contributed by atoms with van der Waals surface area (Å²) < 4.78 is 0. The van der Waals surface area contributed by atoms with Crippen molar-refractivity contribution in [3.63, 3.8) is 0 Å². The smallest absolute Gasteiger partial charge is 0.115 e. The summed E-state index contributed by atoms with van der Waals surface area (Å²) in [5, 5.41) is 13.0. The molecule has 1 aliphatic rings. The van der Waals surface area contributed by atoms with Crippen LogP contribution >= 0.6 is 0 Å². The molecule has 0 radical (unpaired) electrons. The van der Waals surface area contributed by atoms with Gasteiger partial charge in [0, 0.05) is 12.1 Å². The topological polar surface area (TPSA) is 32.3 Å². The molecule has 17 heavy (non-hydrogen) atoms. The van der Waals surface area contributed by atoms with Crippen LogP contribution in [0.3, 0.4) is 0 Å². The lowest BCUT2D eigenvalue weighted by Gasteiger charge is -2.22. The fourth-order valence-electron chi connectivity index (χ4n) is 2.79. The average Bonchev–Trinajstić information content (AvgIpc) is 2.59. The molecular weight excluding hydrogens is 210 g/mol. The minimum absolute atomic E-state index is 0.336. The minimum atomic E-state index is 0.336. The van der Waals surface area contributed by atoms with Crippen molar-refractivity contribution in [2.75, 3.05) is 0 Å². The number of benzene rings is 1. The molecule has 0 amide bonds. The summed E-state index contributed by atoms with van der Waals surface area (Å²) in [5.74, 6) is 0.336. The Morgan fingerprint density at radius 3 is 2.47 bits per heavy atom. The molecular formula is C15H23NO. The van der Waals surface area contributed by atoms with Crippen LogP contribution in [0.15, 0.2) is 24.3 Å². The van der Waals surface area contributed by atoms with Gasteiger partial charge in [-0.05, 0) is 49.3 Å². The van der Waals surface area contributed by atoms with Crippen LogP contribution in [0.1, 0.15) is 51.6 Å². The van der Waals surface area contributed by atoms with Gasteiger partial charge in [0.25, 0.3) is 0 Å². The lowest BCUT2D eigenvalue weighted by molar-refractivity contribution is 0.356. The van der Waals surface area contributed by atoms with Gasteiger partial charge in [-0.2, -0.15) is 0 Å². The van der Waals surface area contributed by atoms with Gasteiger partial charge in [0.05, 0.1) is 0 Å². The van der Waals surface area contributed by atoms with Crippen molar-refractivity contribution in [1.82, 2.24) is 5.32 Å². The molecule has 1 aromatic carbocycles. The highest BCUT2D eigenvalue weighted by molar-refractivity contribution is 5.27. The molecule has 94 valence electrons. The Bertz CT molecular complexity index is 369. The van der Waals surface area contributed by atoms with E-state index in [0.29, 0.717) is 23.2 Å². The second-order valence-corrected chi connectivity index (χ2v) is 6.08. The molecule has 0 heterocycles. The average molecular weight is 233 g/mol. The summed E-state index contributed by atoms with van der Waals surface area (Å²) in [5.41, 5.74) is 1.74. The Morgan fingerprint density at radius 2 is 1.94 bits per heavy atom. The summed E-state index contributed by atoms with van der Waals surface area (Å²) in [6, 6.07) is 8.49. The highest BCUT2D eigenvalue weighted by Gasteiger charge is 2.31. The van der Waals surface area contributed by atoms with E-state index in [9.17, 15) is 5.11 Å². The van der Waals surface area contributed by atoms with Crippen molar-refractivity contribution in [2.45, 2.75) is 52.1 Å².